The molecule has 1 amide bonds. The number of hydrogen-bond acceptors (Lipinski definition) is 5. The normalized spacial score (nSPS) is 23.0. The summed E-state index contributed by atoms with van der Waals surface area (Å²) in [6.45, 7) is 6.07. The summed E-state index contributed by atoms with van der Waals surface area (Å²) < 4.78 is 17.6. The molecule has 1 aromatic carbocycles. The van der Waals surface area contributed by atoms with Gasteiger partial charge in [0.05, 0.1) is 12.6 Å². The van der Waals surface area contributed by atoms with Crippen molar-refractivity contribution in [2.45, 2.75) is 71.2 Å². The maximum Gasteiger partial charge on any atom is 0.255 e. The zero-order valence-electron chi connectivity index (χ0n) is 19.8. The molecule has 4 rings (SSSR count). The molecular formula is C27H35NO5. The molecule has 6 heteroatoms. The Bertz CT molecular complexity index is 915. The summed E-state index contributed by atoms with van der Waals surface area (Å²) >= 11 is 0. The lowest BCUT2D eigenvalue weighted by molar-refractivity contribution is -0.157. The largest absolute Gasteiger partial charge is 0.489 e. The molecule has 3 aliphatic rings. The van der Waals surface area contributed by atoms with E-state index in [1.807, 2.05) is 32.0 Å². The lowest BCUT2D eigenvalue weighted by Crippen LogP contribution is -2.40. The lowest BCUT2D eigenvalue weighted by Gasteiger charge is -2.26. The number of nitrogens with zero attached hydrogens (tertiary/aromatic N) is 1. The van der Waals surface area contributed by atoms with Gasteiger partial charge in [-0.25, -0.2) is 0 Å². The maximum atomic E-state index is 13.1. The molecule has 1 fully saturated rings. The minimum absolute atomic E-state index is 0.0480. The molecule has 0 spiro atoms. The van der Waals surface area contributed by atoms with Crippen LogP contribution in [0.1, 0.15) is 68.3 Å². The van der Waals surface area contributed by atoms with Crippen LogP contribution in [0, 0.1) is 5.92 Å². The fraction of sp³-hybridized carbons (Fsp3) is 0.556. The van der Waals surface area contributed by atoms with Gasteiger partial charge in [-0.05, 0) is 50.8 Å². The van der Waals surface area contributed by atoms with Gasteiger partial charge >= 0.3 is 0 Å². The van der Waals surface area contributed by atoms with Gasteiger partial charge in [0.2, 0.25) is 0 Å². The maximum absolute atomic E-state index is 13.1. The molecule has 33 heavy (non-hydrogen) atoms. The highest BCUT2D eigenvalue weighted by Gasteiger charge is 2.37. The molecule has 0 N–H and O–H groups in total. The molecule has 0 radical (unpaired) electrons. The van der Waals surface area contributed by atoms with Gasteiger partial charge in [-0.2, -0.15) is 0 Å². The topological polar surface area (TPSA) is 65.1 Å². The Hall–Kier alpha value is -2.44. The van der Waals surface area contributed by atoms with Gasteiger partial charge in [0, 0.05) is 36.7 Å². The second-order valence-electron chi connectivity index (χ2n) is 8.90. The number of carbonyl (C=O) groups excluding carboxylic acids is 2. The van der Waals surface area contributed by atoms with Crippen LogP contribution in [0.15, 0.2) is 42.0 Å². The minimum atomic E-state index is -0.301. The van der Waals surface area contributed by atoms with E-state index in [4.69, 9.17) is 14.2 Å². The van der Waals surface area contributed by atoms with Crippen molar-refractivity contribution < 1.29 is 23.8 Å². The number of carbonyl (C=O) groups is 2. The number of amides is 1. The van der Waals surface area contributed by atoms with Crippen LogP contribution in [0.3, 0.4) is 0 Å². The Kier molecular flexibility index (Phi) is 7.99. The van der Waals surface area contributed by atoms with Crippen molar-refractivity contribution in [1.82, 2.24) is 4.90 Å². The summed E-state index contributed by atoms with van der Waals surface area (Å²) in [5.41, 5.74) is 2.65. The molecule has 1 aliphatic heterocycles. The van der Waals surface area contributed by atoms with Crippen LogP contribution in [-0.2, 0) is 20.8 Å². The fourth-order valence-corrected chi connectivity index (χ4v) is 4.96. The van der Waals surface area contributed by atoms with Crippen molar-refractivity contribution in [2.24, 2.45) is 5.92 Å². The summed E-state index contributed by atoms with van der Waals surface area (Å²) in [6, 6.07) is 5.32. The van der Waals surface area contributed by atoms with Crippen molar-refractivity contribution in [1.29, 1.82) is 0 Å². The molecule has 0 saturated heterocycles. The molecule has 0 aromatic heterocycles. The first kappa shape index (κ1) is 23.7. The first-order chi connectivity index (χ1) is 16.1. The van der Waals surface area contributed by atoms with E-state index in [9.17, 15) is 9.59 Å². The van der Waals surface area contributed by atoms with E-state index in [-0.39, 0.29) is 29.9 Å². The Morgan fingerprint density at radius 3 is 2.64 bits per heavy atom. The highest BCUT2D eigenvalue weighted by molar-refractivity contribution is 6.02. The SMILES string of the molecule is CCOC(OCC)C1C=CC(COc2cccc3c2CN([C@H]2CCCCCC2=O)C3=O)=CC1. The number of fused-ring (bicyclic) bond motifs is 1. The molecular weight excluding hydrogens is 418 g/mol. The first-order valence-electron chi connectivity index (χ1n) is 12.3. The Labute approximate surface area is 196 Å². The second-order valence-corrected chi connectivity index (χ2v) is 8.90. The number of hydrogen-bond donors (Lipinski definition) is 0. The number of ether oxygens (including phenoxy) is 3. The van der Waals surface area contributed by atoms with E-state index in [0.29, 0.717) is 38.3 Å². The monoisotopic (exact) mass is 453 g/mol. The van der Waals surface area contributed by atoms with E-state index in [1.165, 1.54) is 0 Å². The van der Waals surface area contributed by atoms with Crippen LogP contribution in [-0.4, -0.2) is 48.7 Å². The summed E-state index contributed by atoms with van der Waals surface area (Å²) in [4.78, 5) is 27.5. The van der Waals surface area contributed by atoms with E-state index in [2.05, 4.69) is 18.2 Å². The molecule has 2 atom stereocenters. The zero-order chi connectivity index (χ0) is 23.2. The van der Waals surface area contributed by atoms with Crippen LogP contribution in [0.5, 0.6) is 5.75 Å². The molecule has 1 saturated carbocycles. The predicted octanol–water partition coefficient (Wildman–Crippen LogP) is 4.82. The number of benzene rings is 1. The summed E-state index contributed by atoms with van der Waals surface area (Å²) in [7, 11) is 0. The van der Waals surface area contributed by atoms with Crippen LogP contribution in [0.25, 0.3) is 0 Å². The first-order valence-corrected chi connectivity index (χ1v) is 12.3. The smallest absolute Gasteiger partial charge is 0.255 e. The fourth-order valence-electron chi connectivity index (χ4n) is 4.96. The van der Waals surface area contributed by atoms with Gasteiger partial charge in [-0.3, -0.25) is 9.59 Å². The van der Waals surface area contributed by atoms with Crippen molar-refractivity contribution in [2.75, 3.05) is 19.8 Å². The van der Waals surface area contributed by atoms with E-state index in [1.54, 1.807) is 4.90 Å². The van der Waals surface area contributed by atoms with Gasteiger partial charge in [-0.15, -0.1) is 0 Å². The van der Waals surface area contributed by atoms with Crippen LogP contribution in [0.2, 0.25) is 0 Å². The summed E-state index contributed by atoms with van der Waals surface area (Å²) in [5, 5.41) is 0. The van der Waals surface area contributed by atoms with Crippen molar-refractivity contribution in [3.05, 3.63) is 53.1 Å². The molecule has 2 aliphatic carbocycles. The zero-order valence-corrected chi connectivity index (χ0v) is 19.8. The summed E-state index contributed by atoms with van der Waals surface area (Å²) in [6.07, 6.45) is 11.3. The average Bonchev–Trinajstić information content (AvgIpc) is 3.01. The van der Waals surface area contributed by atoms with Crippen molar-refractivity contribution in [3.63, 3.8) is 0 Å². The van der Waals surface area contributed by atoms with Gasteiger partial charge in [0.15, 0.2) is 12.1 Å². The Morgan fingerprint density at radius 1 is 1.09 bits per heavy atom. The van der Waals surface area contributed by atoms with Crippen molar-refractivity contribution >= 4 is 11.7 Å². The number of Topliss-reactive ketones (excluding diaryl/α,β-unsaturated/α-hetero) is 1. The second kappa shape index (κ2) is 11.1. The van der Waals surface area contributed by atoms with E-state index < -0.39 is 0 Å². The van der Waals surface area contributed by atoms with Gasteiger partial charge in [-0.1, -0.05) is 37.1 Å². The third-order valence-corrected chi connectivity index (χ3v) is 6.72. The number of rotatable bonds is 9. The standard InChI is InChI=1S/C27H35NO5/c1-3-31-27(32-4-2)20-15-13-19(14-16-20)18-33-25-12-8-9-21-22(25)17-28(26(21)30)23-10-6-5-7-11-24(23)29/h8-9,12-15,20,23,27H,3-7,10-11,16-18H2,1-2H3/t20?,23-/m0/s1. The molecule has 1 heterocycles. The van der Waals surface area contributed by atoms with Gasteiger partial charge < -0.3 is 19.1 Å². The number of allylic oxidation sites excluding steroid dienone is 1. The van der Waals surface area contributed by atoms with E-state index in [0.717, 1.165) is 49.0 Å². The van der Waals surface area contributed by atoms with E-state index >= 15 is 0 Å². The van der Waals surface area contributed by atoms with Gasteiger partial charge in [0.25, 0.3) is 5.91 Å². The molecule has 6 nitrogen and oxygen atoms in total. The average molecular weight is 454 g/mol. The molecule has 0 bridgehead atoms. The summed E-state index contributed by atoms with van der Waals surface area (Å²) in [5.74, 6) is 1.06. The van der Waals surface area contributed by atoms with Crippen molar-refractivity contribution in [3.8, 4) is 5.75 Å². The number of ketones is 1. The predicted molar refractivity (Wildman–Crippen MR) is 126 cm³/mol. The Balaban J connectivity index is 1.40. The van der Waals surface area contributed by atoms with Gasteiger partial charge in [0.1, 0.15) is 12.4 Å². The lowest BCUT2D eigenvalue weighted by atomic mass is 9.96. The van der Waals surface area contributed by atoms with Crippen LogP contribution < -0.4 is 4.74 Å². The Morgan fingerprint density at radius 2 is 1.91 bits per heavy atom. The quantitative estimate of drug-likeness (QED) is 0.396. The molecule has 1 aromatic rings. The highest BCUT2D eigenvalue weighted by atomic mass is 16.7. The molecule has 1 unspecified atom stereocenters. The third-order valence-electron chi connectivity index (χ3n) is 6.72. The third kappa shape index (κ3) is 5.39. The minimum Gasteiger partial charge on any atom is -0.489 e. The molecule has 178 valence electrons. The van der Waals surface area contributed by atoms with Crippen LogP contribution in [0.4, 0.5) is 0 Å². The highest BCUT2D eigenvalue weighted by Crippen LogP contribution is 2.35. The van der Waals surface area contributed by atoms with Crippen LogP contribution >= 0.6 is 0 Å².